The minimum Gasteiger partial charge on any atom is -0.372 e. The van der Waals surface area contributed by atoms with Gasteiger partial charge in [-0.25, -0.2) is 4.98 Å². The van der Waals surface area contributed by atoms with Crippen LogP contribution in [0.3, 0.4) is 0 Å². The summed E-state index contributed by atoms with van der Waals surface area (Å²) in [7, 11) is 0. The minimum absolute atomic E-state index is 0.318. The molecule has 9 heteroatoms. The van der Waals surface area contributed by atoms with Gasteiger partial charge in [0.15, 0.2) is 0 Å². The van der Waals surface area contributed by atoms with Crippen molar-refractivity contribution in [3.8, 4) is 0 Å². The summed E-state index contributed by atoms with van der Waals surface area (Å²) in [5.41, 5.74) is 0.605. The normalized spacial score (nSPS) is 19.1. The van der Waals surface area contributed by atoms with E-state index in [4.69, 9.17) is 0 Å². The van der Waals surface area contributed by atoms with Crippen LogP contribution < -0.4 is 21.3 Å². The number of fused-ring (bicyclic) bond motifs is 1. The van der Waals surface area contributed by atoms with Crippen LogP contribution in [0.15, 0.2) is 29.5 Å². The van der Waals surface area contributed by atoms with Crippen molar-refractivity contribution in [1.82, 2.24) is 25.4 Å². The smallest absolute Gasteiger partial charge is 0.211 e. The van der Waals surface area contributed by atoms with E-state index < -0.39 is 0 Å². The topological polar surface area (TPSA) is 104 Å². The first-order valence-corrected chi connectivity index (χ1v) is 8.30. The molecule has 3 aromatic rings. The van der Waals surface area contributed by atoms with Crippen LogP contribution in [-0.4, -0.2) is 37.5 Å². The number of hydrogen-bond donors (Lipinski definition) is 3. The van der Waals surface area contributed by atoms with E-state index in [2.05, 4.69) is 54.0 Å². The lowest BCUT2D eigenvalue weighted by Crippen LogP contribution is -2.46. The summed E-state index contributed by atoms with van der Waals surface area (Å²) in [4.78, 5) is 9.30. The number of aromatic nitrogens is 5. The first kappa shape index (κ1) is 14.8. The number of anilines is 3. The number of aromatic amines is 1. The van der Waals surface area contributed by atoms with Crippen molar-refractivity contribution in [1.29, 1.82) is 0 Å². The average molecular weight is 340 g/mol. The molecule has 0 bridgehead atoms. The number of rotatable bonds is 4. The number of hydrogen-bond acceptors (Lipinski definition) is 8. The molecule has 1 atom stereocenters. The molecule has 4 rings (SSSR count). The van der Waals surface area contributed by atoms with Crippen molar-refractivity contribution in [2.45, 2.75) is 19.4 Å². The molecular formula is C15H16N8S. The largest absolute Gasteiger partial charge is 0.372 e. The Labute approximate surface area is 141 Å². The molecule has 0 saturated carbocycles. The zero-order valence-electron chi connectivity index (χ0n) is 13.2. The van der Waals surface area contributed by atoms with Gasteiger partial charge in [-0.3, -0.25) is 10.1 Å². The highest BCUT2D eigenvalue weighted by Gasteiger charge is 2.24. The van der Waals surface area contributed by atoms with E-state index in [1.807, 2.05) is 25.3 Å². The molecule has 1 unspecified atom stereocenters. The Morgan fingerprint density at radius 2 is 2.21 bits per heavy atom. The van der Waals surface area contributed by atoms with Gasteiger partial charge in [0.05, 0.1) is 34.7 Å². The second-order valence-corrected chi connectivity index (χ2v) is 7.02. The SMILES string of the molecule is Cc1nnc(Nc2ccc3c(n2)=CC(C)(Nc2cn[nH]c2)CN=3)s1. The van der Waals surface area contributed by atoms with E-state index in [9.17, 15) is 0 Å². The van der Waals surface area contributed by atoms with E-state index in [1.54, 1.807) is 6.20 Å². The molecule has 3 aromatic heterocycles. The Balaban J connectivity index is 1.65. The van der Waals surface area contributed by atoms with Crippen molar-refractivity contribution in [2.75, 3.05) is 17.2 Å². The average Bonchev–Trinajstić information content (AvgIpc) is 3.18. The van der Waals surface area contributed by atoms with Gasteiger partial charge in [-0.1, -0.05) is 11.3 Å². The fraction of sp³-hybridized carbons (Fsp3) is 0.267. The highest BCUT2D eigenvalue weighted by atomic mass is 32.1. The molecule has 0 aliphatic carbocycles. The molecule has 4 heterocycles. The van der Waals surface area contributed by atoms with Crippen LogP contribution >= 0.6 is 11.3 Å². The number of aryl methyl sites for hydroxylation is 1. The predicted molar refractivity (Wildman–Crippen MR) is 92.9 cm³/mol. The monoisotopic (exact) mass is 340 g/mol. The fourth-order valence-electron chi connectivity index (χ4n) is 2.56. The quantitative estimate of drug-likeness (QED) is 0.654. The van der Waals surface area contributed by atoms with Crippen LogP contribution in [0.25, 0.3) is 6.08 Å². The van der Waals surface area contributed by atoms with E-state index in [-0.39, 0.29) is 5.54 Å². The first-order chi connectivity index (χ1) is 11.6. The van der Waals surface area contributed by atoms with Crippen molar-refractivity contribution >= 4 is 34.0 Å². The third-order valence-corrected chi connectivity index (χ3v) is 4.38. The van der Waals surface area contributed by atoms with Gasteiger partial charge >= 0.3 is 0 Å². The standard InChI is InChI=1S/C15H16N8S/c1-9-22-23-14(24-9)20-13-4-3-11-12(19-13)5-15(2,8-16-11)21-10-6-17-18-7-10/h3-7,21H,8H2,1-2H3,(H,17,18)(H,19,20,23). The van der Waals surface area contributed by atoms with Crippen molar-refractivity contribution in [3.05, 3.63) is 40.2 Å². The third kappa shape index (κ3) is 2.98. The van der Waals surface area contributed by atoms with Crippen LogP contribution in [-0.2, 0) is 0 Å². The van der Waals surface area contributed by atoms with Gasteiger partial charge in [0.1, 0.15) is 10.8 Å². The zero-order valence-corrected chi connectivity index (χ0v) is 14.1. The lowest BCUT2D eigenvalue weighted by Gasteiger charge is -2.27. The molecule has 24 heavy (non-hydrogen) atoms. The molecule has 0 radical (unpaired) electrons. The summed E-state index contributed by atoms with van der Waals surface area (Å²) >= 11 is 1.49. The molecule has 0 aromatic carbocycles. The van der Waals surface area contributed by atoms with Gasteiger partial charge in [-0.2, -0.15) is 5.10 Å². The Morgan fingerprint density at radius 3 is 2.96 bits per heavy atom. The molecule has 1 aliphatic rings. The second kappa shape index (κ2) is 5.68. The summed E-state index contributed by atoms with van der Waals surface area (Å²) in [6.07, 6.45) is 5.66. The predicted octanol–water partition coefficient (Wildman–Crippen LogP) is 0.993. The Hall–Kier alpha value is -2.81. The Bertz CT molecular complexity index is 977. The first-order valence-electron chi connectivity index (χ1n) is 7.48. The second-order valence-electron chi connectivity index (χ2n) is 5.84. The van der Waals surface area contributed by atoms with Gasteiger partial charge in [0.2, 0.25) is 5.13 Å². The van der Waals surface area contributed by atoms with Crippen molar-refractivity contribution in [2.24, 2.45) is 4.99 Å². The Morgan fingerprint density at radius 1 is 1.29 bits per heavy atom. The van der Waals surface area contributed by atoms with Crippen LogP contribution in [0.1, 0.15) is 11.9 Å². The summed E-state index contributed by atoms with van der Waals surface area (Å²) < 4.78 is 0. The van der Waals surface area contributed by atoms with Crippen molar-refractivity contribution in [3.63, 3.8) is 0 Å². The third-order valence-electron chi connectivity index (χ3n) is 3.62. The molecule has 0 fully saturated rings. The lowest BCUT2D eigenvalue weighted by atomic mass is 9.99. The summed E-state index contributed by atoms with van der Waals surface area (Å²) in [6.45, 7) is 4.64. The van der Waals surface area contributed by atoms with Crippen molar-refractivity contribution < 1.29 is 0 Å². The molecule has 3 N–H and O–H groups in total. The van der Waals surface area contributed by atoms with Crippen LogP contribution in [0.2, 0.25) is 0 Å². The maximum atomic E-state index is 4.66. The number of pyridine rings is 1. The highest BCUT2D eigenvalue weighted by molar-refractivity contribution is 7.15. The number of H-pyrrole nitrogens is 1. The number of nitrogens with zero attached hydrogens (tertiary/aromatic N) is 5. The molecule has 1 aliphatic heterocycles. The summed E-state index contributed by atoms with van der Waals surface area (Å²) in [5, 5.41) is 24.8. The van der Waals surface area contributed by atoms with Gasteiger partial charge in [-0.05, 0) is 32.1 Å². The maximum Gasteiger partial charge on any atom is 0.211 e. The van der Waals surface area contributed by atoms with Gasteiger partial charge < -0.3 is 10.6 Å². The van der Waals surface area contributed by atoms with E-state index >= 15 is 0 Å². The fourth-order valence-corrected chi connectivity index (χ4v) is 3.15. The number of nitrogens with one attached hydrogen (secondary N) is 3. The molecular weight excluding hydrogens is 324 g/mol. The highest BCUT2D eigenvalue weighted by Crippen LogP contribution is 2.19. The van der Waals surface area contributed by atoms with Gasteiger partial charge in [0.25, 0.3) is 0 Å². The molecule has 0 saturated heterocycles. The minimum atomic E-state index is -0.318. The maximum absolute atomic E-state index is 4.66. The van der Waals surface area contributed by atoms with E-state index in [1.165, 1.54) is 11.3 Å². The molecule has 0 spiro atoms. The van der Waals surface area contributed by atoms with Crippen LogP contribution in [0.5, 0.6) is 0 Å². The van der Waals surface area contributed by atoms with Crippen LogP contribution in [0.4, 0.5) is 16.6 Å². The molecule has 8 nitrogen and oxygen atoms in total. The molecule has 0 amide bonds. The summed E-state index contributed by atoms with van der Waals surface area (Å²) in [5.74, 6) is 0.726. The Kier molecular flexibility index (Phi) is 3.49. The van der Waals surface area contributed by atoms with E-state index in [0.717, 1.165) is 32.4 Å². The van der Waals surface area contributed by atoms with Gasteiger partial charge in [-0.15, -0.1) is 10.2 Å². The zero-order chi connectivity index (χ0) is 16.6. The lowest BCUT2D eigenvalue weighted by molar-refractivity contribution is 0.658. The van der Waals surface area contributed by atoms with E-state index in [0.29, 0.717) is 6.54 Å². The van der Waals surface area contributed by atoms with Crippen LogP contribution in [0, 0.1) is 6.92 Å². The van der Waals surface area contributed by atoms with Gasteiger partial charge in [0, 0.05) is 6.20 Å². The molecule has 122 valence electrons. The summed E-state index contributed by atoms with van der Waals surface area (Å²) in [6, 6.07) is 3.87.